The number of rotatable bonds is 4. The Morgan fingerprint density at radius 3 is 2.91 bits per heavy atom. The van der Waals surface area contributed by atoms with Gasteiger partial charge < -0.3 is 4.74 Å². The van der Waals surface area contributed by atoms with Gasteiger partial charge in [0, 0.05) is 20.2 Å². The lowest BCUT2D eigenvalue weighted by Gasteiger charge is -2.23. The largest absolute Gasteiger partial charge is 0.384 e. The van der Waals surface area contributed by atoms with Crippen LogP contribution < -0.4 is 0 Å². The van der Waals surface area contributed by atoms with Crippen LogP contribution in [0.15, 0.2) is 23.1 Å². The summed E-state index contributed by atoms with van der Waals surface area (Å²) in [6.45, 7) is 1.33. The zero-order valence-electron chi connectivity index (χ0n) is 12.5. The van der Waals surface area contributed by atoms with Crippen LogP contribution in [0, 0.1) is 23.1 Å². The van der Waals surface area contributed by atoms with Crippen molar-refractivity contribution in [2.45, 2.75) is 24.2 Å². The number of halogens is 1. The molecule has 22 heavy (non-hydrogen) atoms. The fourth-order valence-electron chi connectivity index (χ4n) is 2.68. The first-order valence-electron chi connectivity index (χ1n) is 7.17. The quantitative estimate of drug-likeness (QED) is 0.850. The zero-order valence-corrected chi connectivity index (χ0v) is 13.3. The smallest absolute Gasteiger partial charge is 0.243 e. The van der Waals surface area contributed by atoms with Gasteiger partial charge in [-0.2, -0.15) is 9.57 Å². The van der Waals surface area contributed by atoms with Crippen molar-refractivity contribution < 1.29 is 17.5 Å². The molecule has 1 fully saturated rings. The van der Waals surface area contributed by atoms with Gasteiger partial charge in [0.25, 0.3) is 0 Å². The second-order valence-electron chi connectivity index (χ2n) is 5.43. The first-order chi connectivity index (χ1) is 10.5. The molecule has 1 saturated heterocycles. The molecule has 0 aliphatic carbocycles. The van der Waals surface area contributed by atoms with E-state index in [0.29, 0.717) is 19.7 Å². The number of nitrogens with zero attached hydrogens (tertiary/aromatic N) is 2. The fraction of sp³-hybridized carbons (Fsp3) is 0.533. The maximum absolute atomic E-state index is 13.4. The van der Waals surface area contributed by atoms with Crippen LogP contribution in [0.5, 0.6) is 0 Å². The molecule has 0 bridgehead atoms. The maximum atomic E-state index is 13.4. The number of ether oxygens (including phenoxy) is 1. The van der Waals surface area contributed by atoms with Crippen molar-refractivity contribution in [2.24, 2.45) is 5.92 Å². The standard InChI is InChI=1S/C15H19FN2O3S/c1-21-11-12-4-2-3-7-18(10-12)22(19,20)14-5-6-15(16)13(8-14)9-17/h5-6,8,12H,2-4,7,10-11H2,1H3. The molecule has 1 unspecified atom stereocenters. The molecule has 5 nitrogen and oxygen atoms in total. The van der Waals surface area contributed by atoms with Crippen LogP contribution in [0.3, 0.4) is 0 Å². The summed E-state index contributed by atoms with van der Waals surface area (Å²) in [5.74, 6) is -0.562. The summed E-state index contributed by atoms with van der Waals surface area (Å²) in [7, 11) is -2.13. The molecule has 1 heterocycles. The number of benzene rings is 1. The predicted molar refractivity (Wildman–Crippen MR) is 79.1 cm³/mol. The maximum Gasteiger partial charge on any atom is 0.243 e. The minimum Gasteiger partial charge on any atom is -0.384 e. The van der Waals surface area contributed by atoms with Crippen molar-refractivity contribution in [3.63, 3.8) is 0 Å². The Hall–Kier alpha value is -1.49. The molecule has 1 aliphatic rings. The Balaban J connectivity index is 2.30. The second kappa shape index (κ2) is 7.18. The highest BCUT2D eigenvalue weighted by Gasteiger charge is 2.29. The summed E-state index contributed by atoms with van der Waals surface area (Å²) in [4.78, 5) is -0.0384. The van der Waals surface area contributed by atoms with E-state index in [9.17, 15) is 12.8 Å². The molecule has 1 aromatic rings. The predicted octanol–water partition coefficient (Wildman–Crippen LogP) is 2.13. The highest BCUT2D eigenvalue weighted by atomic mass is 32.2. The van der Waals surface area contributed by atoms with E-state index in [4.69, 9.17) is 10.00 Å². The molecule has 0 aromatic heterocycles. The third-order valence-corrected chi connectivity index (χ3v) is 5.69. The number of sulfonamides is 1. The van der Waals surface area contributed by atoms with Gasteiger partial charge in [-0.15, -0.1) is 0 Å². The van der Waals surface area contributed by atoms with Gasteiger partial charge in [-0.05, 0) is 37.0 Å². The Labute approximate surface area is 130 Å². The van der Waals surface area contributed by atoms with Gasteiger partial charge >= 0.3 is 0 Å². The van der Waals surface area contributed by atoms with Crippen LogP contribution in [0.1, 0.15) is 24.8 Å². The van der Waals surface area contributed by atoms with Crippen molar-refractivity contribution in [3.05, 3.63) is 29.6 Å². The SMILES string of the molecule is COCC1CCCCN(S(=O)(=O)c2ccc(F)c(C#N)c2)C1. The fourth-order valence-corrected chi connectivity index (χ4v) is 4.26. The van der Waals surface area contributed by atoms with Gasteiger partial charge in [0.2, 0.25) is 10.0 Å². The first kappa shape index (κ1) is 16.9. The zero-order chi connectivity index (χ0) is 16.2. The third kappa shape index (κ3) is 3.64. The van der Waals surface area contributed by atoms with Gasteiger partial charge in [-0.1, -0.05) is 6.42 Å². The molecule has 7 heteroatoms. The summed E-state index contributed by atoms with van der Waals surface area (Å²) in [6.07, 6.45) is 2.66. The lowest BCUT2D eigenvalue weighted by molar-refractivity contribution is 0.141. The molecular weight excluding hydrogens is 307 g/mol. The molecule has 1 aliphatic heterocycles. The van der Waals surface area contributed by atoms with E-state index in [-0.39, 0.29) is 16.4 Å². The summed E-state index contributed by atoms with van der Waals surface area (Å²) < 4.78 is 45.4. The summed E-state index contributed by atoms with van der Waals surface area (Å²) in [6, 6.07) is 5.01. The number of methoxy groups -OCH3 is 1. The minimum absolute atomic E-state index is 0.0384. The molecule has 0 radical (unpaired) electrons. The monoisotopic (exact) mass is 326 g/mol. The van der Waals surface area contributed by atoms with E-state index in [1.807, 2.05) is 0 Å². The molecule has 0 saturated carbocycles. The van der Waals surface area contributed by atoms with Crippen molar-refractivity contribution in [1.29, 1.82) is 5.26 Å². The third-order valence-electron chi connectivity index (χ3n) is 3.83. The lowest BCUT2D eigenvalue weighted by Crippen LogP contribution is -2.35. The van der Waals surface area contributed by atoms with E-state index in [1.54, 1.807) is 13.2 Å². The van der Waals surface area contributed by atoms with Gasteiger partial charge in [0.1, 0.15) is 11.9 Å². The van der Waals surface area contributed by atoms with Crippen LogP contribution in [-0.2, 0) is 14.8 Å². The van der Waals surface area contributed by atoms with Crippen LogP contribution in [-0.4, -0.2) is 39.5 Å². The Bertz CT molecular complexity index is 670. The van der Waals surface area contributed by atoms with E-state index in [0.717, 1.165) is 31.4 Å². The number of nitriles is 1. The molecule has 0 amide bonds. The van der Waals surface area contributed by atoms with E-state index >= 15 is 0 Å². The normalized spacial score (nSPS) is 20.3. The average molecular weight is 326 g/mol. The first-order valence-corrected chi connectivity index (χ1v) is 8.61. The molecule has 1 aromatic carbocycles. The number of hydrogen-bond donors (Lipinski definition) is 0. The topological polar surface area (TPSA) is 70.4 Å². The molecule has 120 valence electrons. The van der Waals surface area contributed by atoms with Crippen LogP contribution in [0.4, 0.5) is 4.39 Å². The summed E-state index contributed by atoms with van der Waals surface area (Å²) in [5, 5.41) is 8.86. The van der Waals surface area contributed by atoms with Crippen molar-refractivity contribution >= 4 is 10.0 Å². The Morgan fingerprint density at radius 2 is 2.23 bits per heavy atom. The van der Waals surface area contributed by atoms with Crippen molar-refractivity contribution in [2.75, 3.05) is 26.8 Å². The minimum atomic E-state index is -3.73. The van der Waals surface area contributed by atoms with Crippen LogP contribution in [0.2, 0.25) is 0 Å². The Kier molecular flexibility index (Phi) is 5.51. The summed E-state index contributed by atoms with van der Waals surface area (Å²) >= 11 is 0. The Morgan fingerprint density at radius 1 is 1.45 bits per heavy atom. The highest BCUT2D eigenvalue weighted by molar-refractivity contribution is 7.89. The van der Waals surface area contributed by atoms with Gasteiger partial charge in [-0.3, -0.25) is 0 Å². The summed E-state index contributed by atoms with van der Waals surface area (Å²) in [5.41, 5.74) is -0.260. The van der Waals surface area contributed by atoms with Crippen molar-refractivity contribution in [3.8, 4) is 6.07 Å². The van der Waals surface area contributed by atoms with Crippen molar-refractivity contribution in [1.82, 2.24) is 4.31 Å². The van der Waals surface area contributed by atoms with E-state index < -0.39 is 15.8 Å². The lowest BCUT2D eigenvalue weighted by atomic mass is 10.1. The van der Waals surface area contributed by atoms with E-state index in [1.165, 1.54) is 10.4 Å². The molecule has 0 spiro atoms. The van der Waals surface area contributed by atoms with Crippen LogP contribution >= 0.6 is 0 Å². The van der Waals surface area contributed by atoms with Gasteiger partial charge in [0.15, 0.2) is 0 Å². The number of hydrogen-bond acceptors (Lipinski definition) is 4. The second-order valence-corrected chi connectivity index (χ2v) is 7.37. The van der Waals surface area contributed by atoms with Gasteiger partial charge in [-0.25, -0.2) is 12.8 Å². The molecular formula is C15H19FN2O3S. The van der Waals surface area contributed by atoms with Crippen LogP contribution in [0.25, 0.3) is 0 Å². The average Bonchev–Trinajstić information content (AvgIpc) is 2.74. The molecule has 1 atom stereocenters. The molecule has 0 N–H and O–H groups in total. The van der Waals surface area contributed by atoms with Gasteiger partial charge in [0.05, 0.1) is 17.1 Å². The highest BCUT2D eigenvalue weighted by Crippen LogP contribution is 2.24. The van der Waals surface area contributed by atoms with E-state index in [2.05, 4.69) is 0 Å². The molecule has 2 rings (SSSR count).